The van der Waals surface area contributed by atoms with Crippen molar-refractivity contribution in [1.29, 1.82) is 0 Å². The van der Waals surface area contributed by atoms with Crippen LogP contribution in [0.3, 0.4) is 0 Å². The van der Waals surface area contributed by atoms with Crippen molar-refractivity contribution in [2.45, 2.75) is 64.0 Å². The molecule has 0 saturated carbocycles. The maximum Gasteiger partial charge on any atom is 0.236 e. The van der Waals surface area contributed by atoms with E-state index >= 15 is 0 Å². The number of hydrogen-bond acceptors (Lipinski definition) is 5. The Morgan fingerprint density at radius 1 is 1.13 bits per heavy atom. The quantitative estimate of drug-likeness (QED) is 0.543. The lowest BCUT2D eigenvalue weighted by atomic mass is 10.0. The number of thioether (sulfide) groups is 1. The van der Waals surface area contributed by atoms with Crippen LogP contribution in [-0.2, 0) is 11.3 Å². The zero-order valence-electron chi connectivity index (χ0n) is 18.5. The number of aryl methyl sites for hydroxylation is 2. The lowest BCUT2D eigenvalue weighted by Crippen LogP contribution is -2.48. The molecule has 0 aliphatic carbocycles. The number of rotatable bonds is 6. The Labute approximate surface area is 182 Å². The SMILES string of the molecule is Cc1ccc(-n2nnnc2S[C@H](C)C(=O)N(Cc2ccccc2)C(C)(C)C)c(C)c1. The molecule has 0 spiro atoms. The van der Waals surface area contributed by atoms with Crippen molar-refractivity contribution in [3.63, 3.8) is 0 Å². The van der Waals surface area contributed by atoms with Gasteiger partial charge in [0.1, 0.15) is 0 Å². The van der Waals surface area contributed by atoms with E-state index in [1.807, 2.05) is 61.2 Å². The third kappa shape index (κ3) is 5.08. The molecule has 6 nitrogen and oxygen atoms in total. The van der Waals surface area contributed by atoms with Gasteiger partial charge < -0.3 is 4.90 Å². The number of nitrogens with zero attached hydrogens (tertiary/aromatic N) is 5. The predicted molar refractivity (Wildman–Crippen MR) is 121 cm³/mol. The first-order chi connectivity index (χ1) is 14.2. The van der Waals surface area contributed by atoms with Crippen molar-refractivity contribution in [2.24, 2.45) is 0 Å². The average Bonchev–Trinajstić information content (AvgIpc) is 3.13. The smallest absolute Gasteiger partial charge is 0.236 e. The first-order valence-electron chi connectivity index (χ1n) is 10.0. The fourth-order valence-corrected chi connectivity index (χ4v) is 4.15. The molecule has 0 fully saturated rings. The van der Waals surface area contributed by atoms with Gasteiger partial charge in [0.2, 0.25) is 11.1 Å². The summed E-state index contributed by atoms with van der Waals surface area (Å²) in [6, 6.07) is 16.2. The van der Waals surface area contributed by atoms with Crippen LogP contribution in [0.4, 0.5) is 0 Å². The fourth-order valence-electron chi connectivity index (χ4n) is 3.29. The lowest BCUT2D eigenvalue weighted by molar-refractivity contribution is -0.135. The molecule has 0 radical (unpaired) electrons. The Morgan fingerprint density at radius 2 is 1.83 bits per heavy atom. The Balaban J connectivity index is 1.82. The van der Waals surface area contributed by atoms with Crippen LogP contribution in [0.1, 0.15) is 44.4 Å². The second kappa shape index (κ2) is 9.00. The summed E-state index contributed by atoms with van der Waals surface area (Å²) in [6.07, 6.45) is 0. The van der Waals surface area contributed by atoms with E-state index in [1.165, 1.54) is 17.3 Å². The second-order valence-corrected chi connectivity index (χ2v) is 9.81. The van der Waals surface area contributed by atoms with Crippen molar-refractivity contribution in [2.75, 3.05) is 0 Å². The van der Waals surface area contributed by atoms with Crippen LogP contribution >= 0.6 is 11.8 Å². The number of carbonyl (C=O) groups is 1. The van der Waals surface area contributed by atoms with Crippen LogP contribution in [-0.4, -0.2) is 41.8 Å². The van der Waals surface area contributed by atoms with Gasteiger partial charge >= 0.3 is 0 Å². The van der Waals surface area contributed by atoms with Crippen LogP contribution < -0.4 is 0 Å². The highest BCUT2D eigenvalue weighted by Crippen LogP contribution is 2.28. The van der Waals surface area contributed by atoms with E-state index in [0.29, 0.717) is 11.7 Å². The highest BCUT2D eigenvalue weighted by Gasteiger charge is 2.31. The molecular weight excluding hydrogens is 394 g/mol. The summed E-state index contributed by atoms with van der Waals surface area (Å²) in [4.78, 5) is 15.3. The average molecular weight is 424 g/mol. The van der Waals surface area contributed by atoms with E-state index < -0.39 is 0 Å². The molecule has 0 aliphatic rings. The molecule has 158 valence electrons. The molecule has 1 atom stereocenters. The first kappa shape index (κ1) is 22.0. The molecule has 0 N–H and O–H groups in total. The van der Waals surface area contributed by atoms with Gasteiger partial charge in [-0.15, -0.1) is 5.10 Å². The molecule has 3 aromatic rings. The van der Waals surface area contributed by atoms with Gasteiger partial charge in [-0.3, -0.25) is 4.79 Å². The normalized spacial score (nSPS) is 12.6. The summed E-state index contributed by atoms with van der Waals surface area (Å²) in [6.45, 7) is 12.8. The molecule has 0 aliphatic heterocycles. The number of aromatic nitrogens is 4. The molecule has 1 heterocycles. The summed E-state index contributed by atoms with van der Waals surface area (Å²) < 4.78 is 1.71. The minimum Gasteiger partial charge on any atom is -0.333 e. The van der Waals surface area contributed by atoms with E-state index in [0.717, 1.165) is 16.8 Å². The van der Waals surface area contributed by atoms with Crippen LogP contribution in [0.25, 0.3) is 5.69 Å². The third-order valence-corrected chi connectivity index (χ3v) is 5.93. The zero-order valence-corrected chi connectivity index (χ0v) is 19.3. The van der Waals surface area contributed by atoms with E-state index in [-0.39, 0.29) is 16.7 Å². The fraction of sp³-hybridized carbons (Fsp3) is 0.391. The van der Waals surface area contributed by atoms with Gasteiger partial charge in [0.05, 0.1) is 10.9 Å². The van der Waals surface area contributed by atoms with Crippen LogP contribution in [0, 0.1) is 13.8 Å². The Kier molecular flexibility index (Phi) is 6.61. The molecule has 0 unspecified atom stereocenters. The van der Waals surface area contributed by atoms with Crippen molar-refractivity contribution in [1.82, 2.24) is 25.1 Å². The van der Waals surface area contributed by atoms with E-state index in [9.17, 15) is 4.79 Å². The summed E-state index contributed by atoms with van der Waals surface area (Å²) in [7, 11) is 0. The monoisotopic (exact) mass is 423 g/mol. The van der Waals surface area contributed by atoms with Gasteiger partial charge in [0.25, 0.3) is 0 Å². The Morgan fingerprint density at radius 3 is 2.47 bits per heavy atom. The van der Waals surface area contributed by atoms with E-state index in [1.54, 1.807) is 4.68 Å². The van der Waals surface area contributed by atoms with E-state index in [4.69, 9.17) is 0 Å². The standard InChI is InChI=1S/C23H29N5OS/c1-16-12-13-20(17(2)14-16)28-22(24-25-26-28)30-18(3)21(29)27(23(4,5)6)15-19-10-8-7-9-11-19/h7-14,18H,15H2,1-6H3/t18-/m1/s1. The topological polar surface area (TPSA) is 63.9 Å². The first-order valence-corrected chi connectivity index (χ1v) is 10.9. The minimum atomic E-state index is -0.330. The molecular formula is C23H29N5OS. The van der Waals surface area contributed by atoms with Gasteiger partial charge in [-0.1, -0.05) is 59.8 Å². The van der Waals surface area contributed by atoms with Crippen LogP contribution in [0.15, 0.2) is 53.7 Å². The van der Waals surface area contributed by atoms with Crippen LogP contribution in [0.5, 0.6) is 0 Å². The van der Waals surface area contributed by atoms with Gasteiger partial charge in [-0.25, -0.2) is 0 Å². The van der Waals surface area contributed by atoms with Crippen molar-refractivity contribution in [3.05, 3.63) is 65.2 Å². The van der Waals surface area contributed by atoms with Crippen LogP contribution in [0.2, 0.25) is 0 Å². The third-order valence-electron chi connectivity index (χ3n) is 4.91. The number of hydrogen-bond donors (Lipinski definition) is 0. The number of tetrazole rings is 1. The highest BCUT2D eigenvalue weighted by molar-refractivity contribution is 8.00. The lowest BCUT2D eigenvalue weighted by Gasteiger charge is -2.37. The Hall–Kier alpha value is -2.67. The number of carbonyl (C=O) groups excluding carboxylic acids is 1. The molecule has 1 aromatic heterocycles. The van der Waals surface area contributed by atoms with Crippen molar-refractivity contribution < 1.29 is 4.79 Å². The molecule has 7 heteroatoms. The largest absolute Gasteiger partial charge is 0.333 e. The van der Waals surface area contributed by atoms with E-state index in [2.05, 4.69) is 49.3 Å². The summed E-state index contributed by atoms with van der Waals surface area (Å²) in [5, 5.41) is 12.5. The van der Waals surface area contributed by atoms with Gasteiger partial charge in [0.15, 0.2) is 0 Å². The predicted octanol–water partition coefficient (Wildman–Crippen LogP) is 4.59. The second-order valence-electron chi connectivity index (χ2n) is 8.50. The van der Waals surface area contributed by atoms with Gasteiger partial charge in [-0.05, 0) is 69.2 Å². The van der Waals surface area contributed by atoms with Gasteiger partial charge in [-0.2, -0.15) is 4.68 Å². The maximum absolute atomic E-state index is 13.4. The Bertz CT molecular complexity index is 1010. The zero-order chi connectivity index (χ0) is 21.9. The van der Waals surface area contributed by atoms with Gasteiger partial charge in [0, 0.05) is 12.1 Å². The minimum absolute atomic E-state index is 0.0616. The molecule has 1 amide bonds. The molecule has 2 aromatic carbocycles. The molecule has 30 heavy (non-hydrogen) atoms. The molecule has 3 rings (SSSR count). The molecule has 0 saturated heterocycles. The molecule has 0 bridgehead atoms. The van der Waals surface area contributed by atoms with Crippen molar-refractivity contribution >= 4 is 17.7 Å². The van der Waals surface area contributed by atoms with Crippen molar-refractivity contribution in [3.8, 4) is 5.69 Å². The maximum atomic E-state index is 13.4. The summed E-state index contributed by atoms with van der Waals surface area (Å²) >= 11 is 1.38. The summed E-state index contributed by atoms with van der Waals surface area (Å²) in [5.41, 5.74) is 4.00. The summed E-state index contributed by atoms with van der Waals surface area (Å²) in [5.74, 6) is 0.0616. The highest BCUT2D eigenvalue weighted by atomic mass is 32.2. The number of amides is 1. The number of benzene rings is 2.